The van der Waals surface area contributed by atoms with Crippen LogP contribution in [0.1, 0.15) is 31.7 Å². The zero-order valence-corrected chi connectivity index (χ0v) is 12.4. The maximum absolute atomic E-state index is 11.9. The van der Waals surface area contributed by atoms with Gasteiger partial charge in [0, 0.05) is 33.1 Å². The van der Waals surface area contributed by atoms with Crippen molar-refractivity contribution >= 4 is 5.91 Å². The Bertz CT molecular complexity index is 364. The standard InChI is InChI=1S/C16H26N2O/c1-4-5-12-18(3)16(19)11-13-17(2)14-15-9-7-6-8-10-15/h6-10H,4-5,11-14H2,1-3H3. The highest BCUT2D eigenvalue weighted by Gasteiger charge is 2.09. The Kier molecular flexibility index (Phi) is 7.19. The Hall–Kier alpha value is -1.35. The van der Waals surface area contributed by atoms with Crippen LogP contribution in [-0.4, -0.2) is 42.9 Å². The van der Waals surface area contributed by atoms with Gasteiger partial charge in [-0.2, -0.15) is 0 Å². The molecule has 0 bridgehead atoms. The van der Waals surface area contributed by atoms with Crippen LogP contribution in [0.2, 0.25) is 0 Å². The molecule has 1 amide bonds. The van der Waals surface area contributed by atoms with Gasteiger partial charge in [-0.1, -0.05) is 43.7 Å². The number of unbranched alkanes of at least 4 members (excludes halogenated alkanes) is 1. The molecule has 0 heterocycles. The third-order valence-corrected chi connectivity index (χ3v) is 3.28. The van der Waals surface area contributed by atoms with Crippen LogP contribution in [0.5, 0.6) is 0 Å². The first-order chi connectivity index (χ1) is 9.13. The van der Waals surface area contributed by atoms with E-state index in [1.807, 2.05) is 30.1 Å². The fraction of sp³-hybridized carbons (Fsp3) is 0.562. The van der Waals surface area contributed by atoms with Gasteiger partial charge >= 0.3 is 0 Å². The van der Waals surface area contributed by atoms with Gasteiger partial charge in [0.15, 0.2) is 0 Å². The number of benzene rings is 1. The van der Waals surface area contributed by atoms with Crippen molar-refractivity contribution in [1.82, 2.24) is 9.80 Å². The molecule has 19 heavy (non-hydrogen) atoms. The van der Waals surface area contributed by atoms with Crippen LogP contribution in [0.15, 0.2) is 30.3 Å². The Morgan fingerprint density at radius 1 is 1.11 bits per heavy atom. The SMILES string of the molecule is CCCCN(C)C(=O)CCN(C)Cc1ccccc1. The molecule has 0 saturated heterocycles. The molecule has 1 aromatic carbocycles. The van der Waals surface area contributed by atoms with Gasteiger partial charge < -0.3 is 9.80 Å². The summed E-state index contributed by atoms with van der Waals surface area (Å²) in [5, 5.41) is 0. The Labute approximate surface area is 117 Å². The summed E-state index contributed by atoms with van der Waals surface area (Å²) >= 11 is 0. The van der Waals surface area contributed by atoms with Crippen molar-refractivity contribution in [2.75, 3.05) is 27.2 Å². The molecule has 0 saturated carbocycles. The second kappa shape index (κ2) is 8.70. The van der Waals surface area contributed by atoms with Gasteiger partial charge in [-0.05, 0) is 19.0 Å². The van der Waals surface area contributed by atoms with Crippen molar-refractivity contribution in [2.24, 2.45) is 0 Å². The van der Waals surface area contributed by atoms with Crippen molar-refractivity contribution in [3.8, 4) is 0 Å². The Morgan fingerprint density at radius 3 is 2.42 bits per heavy atom. The van der Waals surface area contributed by atoms with Gasteiger partial charge in [0.05, 0.1) is 0 Å². The molecule has 3 heteroatoms. The van der Waals surface area contributed by atoms with Gasteiger partial charge in [-0.25, -0.2) is 0 Å². The first-order valence-corrected chi connectivity index (χ1v) is 7.10. The first-order valence-electron chi connectivity index (χ1n) is 7.10. The number of hydrogen-bond donors (Lipinski definition) is 0. The molecule has 0 N–H and O–H groups in total. The van der Waals surface area contributed by atoms with Crippen LogP contribution < -0.4 is 0 Å². The maximum atomic E-state index is 11.9. The predicted molar refractivity (Wildman–Crippen MR) is 79.9 cm³/mol. The molecule has 3 nitrogen and oxygen atoms in total. The molecule has 0 spiro atoms. The largest absolute Gasteiger partial charge is 0.346 e. The molecule has 1 aromatic rings. The lowest BCUT2D eigenvalue weighted by Gasteiger charge is -2.20. The minimum Gasteiger partial charge on any atom is -0.346 e. The van der Waals surface area contributed by atoms with Gasteiger partial charge in [0.1, 0.15) is 0 Å². The van der Waals surface area contributed by atoms with Gasteiger partial charge in [0.2, 0.25) is 5.91 Å². The highest BCUT2D eigenvalue weighted by atomic mass is 16.2. The van der Waals surface area contributed by atoms with Gasteiger partial charge in [0.25, 0.3) is 0 Å². The van der Waals surface area contributed by atoms with E-state index in [1.165, 1.54) is 5.56 Å². The monoisotopic (exact) mass is 262 g/mol. The average Bonchev–Trinajstić information content (AvgIpc) is 2.43. The third-order valence-electron chi connectivity index (χ3n) is 3.28. The molecular formula is C16H26N2O. The summed E-state index contributed by atoms with van der Waals surface area (Å²) in [6, 6.07) is 10.4. The molecule has 106 valence electrons. The topological polar surface area (TPSA) is 23.6 Å². The van der Waals surface area contributed by atoms with Crippen molar-refractivity contribution in [3.05, 3.63) is 35.9 Å². The minimum atomic E-state index is 0.244. The highest BCUT2D eigenvalue weighted by Crippen LogP contribution is 2.04. The van der Waals surface area contributed by atoms with E-state index < -0.39 is 0 Å². The van der Waals surface area contributed by atoms with Crippen LogP contribution in [0, 0.1) is 0 Å². The van der Waals surface area contributed by atoms with E-state index in [1.54, 1.807) is 0 Å². The van der Waals surface area contributed by atoms with E-state index in [4.69, 9.17) is 0 Å². The number of carbonyl (C=O) groups excluding carboxylic acids is 1. The quantitative estimate of drug-likeness (QED) is 0.719. The molecule has 0 aromatic heterocycles. The number of hydrogen-bond acceptors (Lipinski definition) is 2. The summed E-state index contributed by atoms with van der Waals surface area (Å²) in [7, 11) is 3.96. The second-order valence-corrected chi connectivity index (χ2v) is 5.14. The zero-order valence-electron chi connectivity index (χ0n) is 12.4. The smallest absolute Gasteiger partial charge is 0.223 e. The summed E-state index contributed by atoms with van der Waals surface area (Å²) in [4.78, 5) is 15.9. The zero-order chi connectivity index (χ0) is 14.1. The van der Waals surface area contributed by atoms with Crippen LogP contribution in [0.3, 0.4) is 0 Å². The average molecular weight is 262 g/mol. The van der Waals surface area contributed by atoms with Crippen molar-refractivity contribution in [2.45, 2.75) is 32.7 Å². The fourth-order valence-electron chi connectivity index (χ4n) is 1.97. The normalized spacial score (nSPS) is 10.7. The molecule has 0 aliphatic carbocycles. The van der Waals surface area contributed by atoms with E-state index in [2.05, 4.69) is 31.0 Å². The number of carbonyl (C=O) groups is 1. The molecule has 0 aliphatic heterocycles. The number of rotatable bonds is 8. The third kappa shape index (κ3) is 6.39. The summed E-state index contributed by atoms with van der Waals surface area (Å²) in [5.41, 5.74) is 1.29. The lowest BCUT2D eigenvalue weighted by Crippen LogP contribution is -2.31. The number of nitrogens with zero attached hydrogens (tertiary/aromatic N) is 2. The van der Waals surface area contributed by atoms with Crippen LogP contribution >= 0.6 is 0 Å². The first kappa shape index (κ1) is 15.7. The molecule has 1 rings (SSSR count). The summed E-state index contributed by atoms with van der Waals surface area (Å²) in [6.07, 6.45) is 2.82. The molecule has 0 aliphatic rings. The van der Waals surface area contributed by atoms with Gasteiger partial charge in [-0.15, -0.1) is 0 Å². The molecule has 0 unspecified atom stereocenters. The van der Waals surface area contributed by atoms with E-state index in [9.17, 15) is 4.79 Å². The van der Waals surface area contributed by atoms with Crippen molar-refractivity contribution in [3.63, 3.8) is 0 Å². The predicted octanol–water partition coefficient (Wildman–Crippen LogP) is 2.77. The lowest BCUT2D eigenvalue weighted by molar-refractivity contribution is -0.130. The Morgan fingerprint density at radius 2 is 1.79 bits per heavy atom. The molecule has 0 radical (unpaired) electrons. The molecule has 0 atom stereocenters. The maximum Gasteiger partial charge on any atom is 0.223 e. The summed E-state index contributed by atoms with van der Waals surface area (Å²) < 4.78 is 0. The van der Waals surface area contributed by atoms with Crippen LogP contribution in [0.25, 0.3) is 0 Å². The van der Waals surface area contributed by atoms with Gasteiger partial charge in [-0.3, -0.25) is 4.79 Å². The second-order valence-electron chi connectivity index (χ2n) is 5.14. The lowest BCUT2D eigenvalue weighted by atomic mass is 10.2. The minimum absolute atomic E-state index is 0.244. The van der Waals surface area contributed by atoms with Crippen LogP contribution in [-0.2, 0) is 11.3 Å². The van der Waals surface area contributed by atoms with E-state index >= 15 is 0 Å². The van der Waals surface area contributed by atoms with Crippen molar-refractivity contribution in [1.29, 1.82) is 0 Å². The van der Waals surface area contributed by atoms with E-state index in [0.717, 1.165) is 32.5 Å². The summed E-state index contributed by atoms with van der Waals surface area (Å²) in [5.74, 6) is 0.244. The summed E-state index contributed by atoms with van der Waals surface area (Å²) in [6.45, 7) is 4.72. The molecule has 0 fully saturated rings. The van der Waals surface area contributed by atoms with Crippen molar-refractivity contribution < 1.29 is 4.79 Å². The van der Waals surface area contributed by atoms with E-state index in [0.29, 0.717) is 6.42 Å². The highest BCUT2D eigenvalue weighted by molar-refractivity contribution is 5.76. The Balaban J connectivity index is 2.26. The van der Waals surface area contributed by atoms with Crippen LogP contribution in [0.4, 0.5) is 0 Å². The van der Waals surface area contributed by atoms with E-state index in [-0.39, 0.29) is 5.91 Å². The molecular weight excluding hydrogens is 236 g/mol. The number of amides is 1. The fourth-order valence-corrected chi connectivity index (χ4v) is 1.97.